The van der Waals surface area contributed by atoms with Gasteiger partial charge >= 0.3 is 5.97 Å². The Bertz CT molecular complexity index is 1210. The molecule has 0 aliphatic heterocycles. The van der Waals surface area contributed by atoms with Crippen LogP contribution in [-0.4, -0.2) is 24.7 Å². The van der Waals surface area contributed by atoms with E-state index in [1.807, 2.05) is 19.1 Å². The van der Waals surface area contributed by atoms with Gasteiger partial charge in [0.25, 0.3) is 5.91 Å². The van der Waals surface area contributed by atoms with Gasteiger partial charge in [0.1, 0.15) is 11.5 Å². The molecule has 3 aromatic rings. The first-order chi connectivity index (χ1) is 16.2. The van der Waals surface area contributed by atoms with Gasteiger partial charge in [-0.15, -0.1) is 0 Å². The molecule has 6 nitrogen and oxygen atoms in total. The van der Waals surface area contributed by atoms with E-state index in [0.717, 1.165) is 15.6 Å². The predicted octanol–water partition coefficient (Wildman–Crippen LogP) is 6.28. The number of esters is 1. The second-order valence-corrected chi connectivity index (χ2v) is 9.08. The third kappa shape index (κ3) is 6.92. The number of nitrogens with one attached hydrogen (secondary N) is 1. The molecule has 3 aromatic carbocycles. The predicted molar refractivity (Wildman–Crippen MR) is 137 cm³/mol. The van der Waals surface area contributed by atoms with Crippen molar-refractivity contribution in [2.45, 2.75) is 26.7 Å². The summed E-state index contributed by atoms with van der Waals surface area (Å²) in [5.41, 5.74) is 5.49. The van der Waals surface area contributed by atoms with E-state index in [0.29, 0.717) is 27.6 Å². The lowest BCUT2D eigenvalue weighted by Gasteiger charge is -2.15. The largest absolute Gasteiger partial charge is 0.483 e. The van der Waals surface area contributed by atoms with Crippen LogP contribution >= 0.6 is 27.5 Å². The van der Waals surface area contributed by atoms with Crippen molar-refractivity contribution in [1.29, 1.82) is 0 Å². The van der Waals surface area contributed by atoms with Crippen molar-refractivity contribution in [3.8, 4) is 11.5 Å². The summed E-state index contributed by atoms with van der Waals surface area (Å²) in [5.74, 6) is 0.375. The number of carbonyl (C=O) groups excluding carboxylic acids is 2. The zero-order valence-electron chi connectivity index (χ0n) is 19.0. The molecule has 0 fully saturated rings. The topological polar surface area (TPSA) is 77.0 Å². The van der Waals surface area contributed by atoms with Crippen LogP contribution in [0.15, 0.2) is 70.2 Å². The first-order valence-corrected chi connectivity index (χ1v) is 11.7. The number of nitrogens with zero attached hydrogens (tertiary/aromatic N) is 1. The maximum atomic E-state index is 12.2. The summed E-state index contributed by atoms with van der Waals surface area (Å²) in [4.78, 5) is 24.4. The van der Waals surface area contributed by atoms with Gasteiger partial charge in [0.05, 0.1) is 16.8 Å². The van der Waals surface area contributed by atoms with Crippen molar-refractivity contribution >= 4 is 45.6 Å². The van der Waals surface area contributed by atoms with Crippen LogP contribution in [-0.2, 0) is 4.79 Å². The van der Waals surface area contributed by atoms with Crippen molar-refractivity contribution in [1.82, 2.24) is 5.43 Å². The average molecular weight is 544 g/mol. The number of benzene rings is 3. The van der Waals surface area contributed by atoms with Gasteiger partial charge in [-0.1, -0.05) is 53.5 Å². The van der Waals surface area contributed by atoms with Gasteiger partial charge in [0.15, 0.2) is 6.61 Å². The van der Waals surface area contributed by atoms with Gasteiger partial charge in [-0.2, -0.15) is 5.10 Å². The molecular formula is C26H24BrClN2O4. The highest BCUT2D eigenvalue weighted by Gasteiger charge is 2.13. The van der Waals surface area contributed by atoms with Crippen molar-refractivity contribution < 1.29 is 19.1 Å². The first-order valence-electron chi connectivity index (χ1n) is 10.6. The minimum Gasteiger partial charge on any atom is -0.483 e. The molecule has 176 valence electrons. The summed E-state index contributed by atoms with van der Waals surface area (Å²) < 4.78 is 12.1. The highest BCUT2D eigenvalue weighted by atomic mass is 79.9. The minimum absolute atomic E-state index is 0.158. The van der Waals surface area contributed by atoms with E-state index in [4.69, 9.17) is 21.1 Å². The van der Waals surface area contributed by atoms with E-state index in [1.54, 1.807) is 48.5 Å². The van der Waals surface area contributed by atoms with Crippen LogP contribution < -0.4 is 14.9 Å². The van der Waals surface area contributed by atoms with E-state index >= 15 is 0 Å². The van der Waals surface area contributed by atoms with Gasteiger partial charge in [-0.25, -0.2) is 10.2 Å². The summed E-state index contributed by atoms with van der Waals surface area (Å²) in [6.45, 7) is 5.94. The zero-order chi connectivity index (χ0) is 24.7. The molecule has 0 aromatic heterocycles. The number of hydrogen-bond donors (Lipinski definition) is 1. The van der Waals surface area contributed by atoms with Gasteiger partial charge < -0.3 is 9.47 Å². The molecule has 34 heavy (non-hydrogen) atoms. The Morgan fingerprint density at radius 3 is 2.50 bits per heavy atom. The number of rotatable bonds is 8. The third-order valence-corrected chi connectivity index (χ3v) is 6.04. The monoisotopic (exact) mass is 542 g/mol. The lowest BCUT2D eigenvalue weighted by molar-refractivity contribution is -0.123. The SMILES string of the molecule is Cc1cc(OCC(=O)N/N=C\c2ccc(OC(=O)c3ccccc3Cl)cc2)c(C(C)C)cc1Br. The van der Waals surface area contributed by atoms with Crippen LogP contribution in [0.5, 0.6) is 11.5 Å². The van der Waals surface area contributed by atoms with E-state index < -0.39 is 5.97 Å². The standard InChI is InChI=1S/C26H24BrClN2O4/c1-16(2)21-13-22(27)17(3)12-24(21)33-15-25(31)30-29-14-18-8-10-19(11-9-18)34-26(32)20-6-4-5-7-23(20)28/h4-14,16H,15H2,1-3H3,(H,30,31)/b29-14-. The van der Waals surface area contributed by atoms with E-state index in [1.165, 1.54) is 6.21 Å². The molecular weight excluding hydrogens is 520 g/mol. The number of hydrogen-bond acceptors (Lipinski definition) is 5. The van der Waals surface area contributed by atoms with Gasteiger partial charge in [0.2, 0.25) is 0 Å². The van der Waals surface area contributed by atoms with Crippen molar-refractivity contribution in [3.05, 3.63) is 92.4 Å². The molecule has 0 atom stereocenters. The van der Waals surface area contributed by atoms with Crippen molar-refractivity contribution in [3.63, 3.8) is 0 Å². The second kappa shape index (κ2) is 11.8. The number of amides is 1. The van der Waals surface area contributed by atoms with E-state index in [-0.39, 0.29) is 18.4 Å². The fourth-order valence-corrected chi connectivity index (χ4v) is 3.59. The molecule has 1 N–H and O–H groups in total. The summed E-state index contributed by atoms with van der Waals surface area (Å²) in [5, 5.41) is 4.28. The lowest BCUT2D eigenvalue weighted by atomic mass is 10.0. The van der Waals surface area contributed by atoms with E-state index in [2.05, 4.69) is 40.3 Å². The maximum Gasteiger partial charge on any atom is 0.345 e. The first kappa shape index (κ1) is 25.5. The summed E-state index contributed by atoms with van der Waals surface area (Å²) in [7, 11) is 0. The molecule has 0 aliphatic rings. The van der Waals surface area contributed by atoms with Crippen molar-refractivity contribution in [2.24, 2.45) is 5.10 Å². The number of hydrazone groups is 1. The number of halogens is 2. The molecule has 3 rings (SSSR count). The number of aryl methyl sites for hydroxylation is 1. The van der Waals surface area contributed by atoms with Gasteiger partial charge in [-0.05, 0) is 78.1 Å². The average Bonchev–Trinajstić information content (AvgIpc) is 2.80. The smallest absolute Gasteiger partial charge is 0.345 e. The van der Waals surface area contributed by atoms with Crippen LogP contribution in [0.1, 0.15) is 46.8 Å². The lowest BCUT2D eigenvalue weighted by Crippen LogP contribution is -2.25. The Kier molecular flexibility index (Phi) is 8.85. The maximum absolute atomic E-state index is 12.2. The van der Waals surface area contributed by atoms with Crippen LogP contribution in [0.4, 0.5) is 0 Å². The van der Waals surface area contributed by atoms with Crippen LogP contribution in [0.3, 0.4) is 0 Å². The fraction of sp³-hybridized carbons (Fsp3) is 0.192. The Morgan fingerprint density at radius 1 is 1.12 bits per heavy atom. The number of carbonyl (C=O) groups is 2. The van der Waals surface area contributed by atoms with Gasteiger partial charge in [-0.3, -0.25) is 4.79 Å². The molecule has 0 bridgehead atoms. The molecule has 1 amide bonds. The molecule has 0 aliphatic carbocycles. The minimum atomic E-state index is -0.541. The highest BCUT2D eigenvalue weighted by molar-refractivity contribution is 9.10. The Balaban J connectivity index is 1.52. The Labute approximate surface area is 212 Å². The zero-order valence-corrected chi connectivity index (χ0v) is 21.3. The van der Waals surface area contributed by atoms with Gasteiger partial charge in [0, 0.05) is 4.47 Å². The summed E-state index contributed by atoms with van der Waals surface area (Å²) in [6.07, 6.45) is 1.49. The Hall–Kier alpha value is -3.16. The van der Waals surface area contributed by atoms with Crippen LogP contribution in [0.2, 0.25) is 5.02 Å². The van der Waals surface area contributed by atoms with Crippen LogP contribution in [0, 0.1) is 6.92 Å². The molecule has 0 saturated carbocycles. The molecule has 0 radical (unpaired) electrons. The fourth-order valence-electron chi connectivity index (χ4n) is 3.01. The van der Waals surface area contributed by atoms with Crippen LogP contribution in [0.25, 0.3) is 0 Å². The second-order valence-electron chi connectivity index (χ2n) is 7.81. The quantitative estimate of drug-likeness (QED) is 0.157. The van der Waals surface area contributed by atoms with Crippen molar-refractivity contribution in [2.75, 3.05) is 6.61 Å². The number of ether oxygens (including phenoxy) is 2. The van der Waals surface area contributed by atoms with E-state index in [9.17, 15) is 9.59 Å². The summed E-state index contributed by atoms with van der Waals surface area (Å²) >= 11 is 9.55. The third-order valence-electron chi connectivity index (χ3n) is 4.86. The summed E-state index contributed by atoms with van der Waals surface area (Å²) in [6, 6.07) is 17.3. The molecule has 0 unspecified atom stereocenters. The molecule has 8 heteroatoms. The Morgan fingerprint density at radius 2 is 1.82 bits per heavy atom. The molecule has 0 saturated heterocycles. The normalized spacial score (nSPS) is 11.0. The highest BCUT2D eigenvalue weighted by Crippen LogP contribution is 2.32. The molecule has 0 heterocycles. The molecule has 0 spiro atoms.